The molecule has 0 aliphatic heterocycles. The number of carbonyl (C=O) groups is 1. The lowest BCUT2D eigenvalue weighted by atomic mass is 10.2. The fraction of sp³-hybridized carbons (Fsp3) is 0.100. The third-order valence-corrected chi connectivity index (χ3v) is 2.34. The summed E-state index contributed by atoms with van der Waals surface area (Å²) in [6.07, 6.45) is 0.00620. The number of hydrogen-bond donors (Lipinski definition) is 1. The molecule has 0 radical (unpaired) electrons. The summed E-state index contributed by atoms with van der Waals surface area (Å²) < 4.78 is 6.19. The minimum absolute atomic E-state index is 0.0821. The standard InChI is InChI=1S/C10H8N2O5/c1-11-5-9(17-10(13)14)7-4-6(12(15)16)2-3-8(7)11/h2-5H,1H3,(H,13,14). The van der Waals surface area contributed by atoms with Crippen LogP contribution in [0, 0.1) is 10.1 Å². The second-order valence-corrected chi connectivity index (χ2v) is 3.43. The quantitative estimate of drug-likeness (QED) is 0.489. The molecule has 0 fully saturated rings. The van der Waals surface area contributed by atoms with Crippen molar-refractivity contribution in [2.75, 3.05) is 0 Å². The molecule has 0 bridgehead atoms. The lowest BCUT2D eigenvalue weighted by Crippen LogP contribution is -2.02. The third kappa shape index (κ3) is 1.89. The van der Waals surface area contributed by atoms with Gasteiger partial charge in [0.1, 0.15) is 0 Å². The molecule has 7 nitrogen and oxygen atoms in total. The number of nitrogens with zero attached hydrogens (tertiary/aromatic N) is 2. The summed E-state index contributed by atoms with van der Waals surface area (Å²) in [5.41, 5.74) is 0.547. The molecular weight excluding hydrogens is 228 g/mol. The van der Waals surface area contributed by atoms with Crippen LogP contribution in [0.25, 0.3) is 10.9 Å². The number of hydrogen-bond acceptors (Lipinski definition) is 4. The van der Waals surface area contributed by atoms with Crippen molar-refractivity contribution in [3.8, 4) is 5.75 Å². The molecule has 0 unspecified atom stereocenters. The van der Waals surface area contributed by atoms with Crippen LogP contribution in [0.3, 0.4) is 0 Å². The predicted molar refractivity (Wildman–Crippen MR) is 58.2 cm³/mol. The fourth-order valence-electron chi connectivity index (χ4n) is 1.63. The molecule has 1 aromatic carbocycles. The van der Waals surface area contributed by atoms with Crippen LogP contribution in [-0.4, -0.2) is 20.8 Å². The molecule has 0 aliphatic rings. The average Bonchev–Trinajstić information content (AvgIpc) is 2.54. The molecule has 17 heavy (non-hydrogen) atoms. The maximum absolute atomic E-state index is 10.6. The first-order valence-corrected chi connectivity index (χ1v) is 4.63. The van der Waals surface area contributed by atoms with E-state index in [0.717, 1.165) is 0 Å². The van der Waals surface area contributed by atoms with Crippen LogP contribution in [0.5, 0.6) is 5.75 Å². The summed E-state index contributed by atoms with van der Waals surface area (Å²) in [5, 5.41) is 19.6. The molecular formula is C10H8N2O5. The number of carboxylic acid groups (broad SMARTS) is 1. The number of nitro groups is 1. The van der Waals surface area contributed by atoms with Crippen LogP contribution in [0.4, 0.5) is 10.5 Å². The maximum Gasteiger partial charge on any atom is 0.511 e. The number of fused-ring (bicyclic) bond motifs is 1. The number of ether oxygens (including phenoxy) is 1. The van der Waals surface area contributed by atoms with Crippen LogP contribution < -0.4 is 4.74 Å². The Morgan fingerprint density at radius 1 is 1.53 bits per heavy atom. The van der Waals surface area contributed by atoms with Crippen molar-refractivity contribution >= 4 is 22.7 Å². The summed E-state index contributed by atoms with van der Waals surface area (Å²) in [5.74, 6) is 0.0821. The monoisotopic (exact) mass is 236 g/mol. The molecule has 0 spiro atoms. The van der Waals surface area contributed by atoms with Gasteiger partial charge in [0, 0.05) is 30.8 Å². The van der Waals surface area contributed by atoms with Crippen molar-refractivity contribution in [3.63, 3.8) is 0 Å². The number of benzene rings is 1. The molecule has 2 rings (SSSR count). The minimum Gasteiger partial charge on any atom is -0.449 e. The van der Waals surface area contributed by atoms with Crippen LogP contribution in [-0.2, 0) is 7.05 Å². The number of rotatable bonds is 2. The molecule has 2 aromatic rings. The molecule has 0 saturated carbocycles. The van der Waals surface area contributed by atoms with Crippen molar-refractivity contribution in [2.45, 2.75) is 0 Å². The summed E-state index contributed by atoms with van der Waals surface area (Å²) in [6, 6.07) is 4.18. The van der Waals surface area contributed by atoms with Crippen molar-refractivity contribution in [1.82, 2.24) is 4.57 Å². The smallest absolute Gasteiger partial charge is 0.449 e. The number of aromatic nitrogens is 1. The first-order valence-electron chi connectivity index (χ1n) is 4.63. The normalized spacial score (nSPS) is 10.4. The zero-order valence-corrected chi connectivity index (χ0v) is 8.78. The number of nitro benzene ring substituents is 1. The maximum atomic E-state index is 10.6. The van der Waals surface area contributed by atoms with Crippen LogP contribution in [0.2, 0.25) is 0 Å². The zero-order chi connectivity index (χ0) is 12.6. The van der Waals surface area contributed by atoms with E-state index in [2.05, 4.69) is 4.74 Å². The Labute approximate surface area is 95.0 Å². The highest BCUT2D eigenvalue weighted by atomic mass is 16.7. The van der Waals surface area contributed by atoms with E-state index in [4.69, 9.17) is 5.11 Å². The van der Waals surface area contributed by atoms with Crippen LogP contribution >= 0.6 is 0 Å². The molecule has 1 N–H and O–H groups in total. The molecule has 0 amide bonds. The predicted octanol–water partition coefficient (Wildman–Crippen LogP) is 2.14. The van der Waals surface area contributed by atoms with Crippen molar-refractivity contribution < 1.29 is 19.6 Å². The summed E-state index contributed by atoms with van der Waals surface area (Å²) in [4.78, 5) is 20.6. The molecule has 1 heterocycles. The van der Waals surface area contributed by atoms with Gasteiger partial charge in [-0.2, -0.15) is 0 Å². The van der Waals surface area contributed by atoms with Gasteiger partial charge in [0.2, 0.25) is 0 Å². The Balaban J connectivity index is 2.64. The van der Waals surface area contributed by atoms with Gasteiger partial charge in [-0.3, -0.25) is 10.1 Å². The average molecular weight is 236 g/mol. The number of aryl methyl sites for hydroxylation is 1. The van der Waals surface area contributed by atoms with Crippen molar-refractivity contribution in [1.29, 1.82) is 0 Å². The van der Waals surface area contributed by atoms with Crippen LogP contribution in [0.15, 0.2) is 24.4 Å². The van der Waals surface area contributed by atoms with E-state index in [1.54, 1.807) is 17.7 Å². The van der Waals surface area contributed by atoms with Gasteiger partial charge in [0.25, 0.3) is 5.69 Å². The third-order valence-electron chi connectivity index (χ3n) is 2.34. The van der Waals surface area contributed by atoms with E-state index in [9.17, 15) is 14.9 Å². The van der Waals surface area contributed by atoms with Gasteiger partial charge in [-0.25, -0.2) is 4.79 Å². The molecule has 88 valence electrons. The van der Waals surface area contributed by atoms with E-state index in [-0.39, 0.29) is 11.4 Å². The largest absolute Gasteiger partial charge is 0.511 e. The van der Waals surface area contributed by atoms with Crippen molar-refractivity contribution in [3.05, 3.63) is 34.5 Å². The highest BCUT2D eigenvalue weighted by Gasteiger charge is 2.14. The molecule has 0 atom stereocenters. The summed E-state index contributed by atoms with van der Waals surface area (Å²) in [6.45, 7) is 0. The molecule has 1 aromatic heterocycles. The summed E-state index contributed by atoms with van der Waals surface area (Å²) >= 11 is 0. The first kappa shape index (κ1) is 10.9. The fourth-order valence-corrected chi connectivity index (χ4v) is 1.63. The Kier molecular flexibility index (Phi) is 2.43. The lowest BCUT2D eigenvalue weighted by Gasteiger charge is -1.97. The second kappa shape index (κ2) is 3.78. The topological polar surface area (TPSA) is 94.6 Å². The van der Waals surface area contributed by atoms with Gasteiger partial charge >= 0.3 is 6.16 Å². The summed E-state index contributed by atoms with van der Waals surface area (Å²) in [7, 11) is 1.70. The van der Waals surface area contributed by atoms with Crippen molar-refractivity contribution in [2.24, 2.45) is 7.05 Å². The Bertz CT molecular complexity index is 616. The lowest BCUT2D eigenvalue weighted by molar-refractivity contribution is -0.384. The minimum atomic E-state index is -1.45. The van der Waals surface area contributed by atoms with Gasteiger partial charge < -0.3 is 14.4 Å². The van der Waals surface area contributed by atoms with Gasteiger partial charge in [0.15, 0.2) is 5.75 Å². The Hall–Kier alpha value is -2.57. The van der Waals surface area contributed by atoms with E-state index in [1.165, 1.54) is 18.3 Å². The van der Waals surface area contributed by atoms with Gasteiger partial charge in [-0.1, -0.05) is 0 Å². The Morgan fingerprint density at radius 3 is 2.82 bits per heavy atom. The highest BCUT2D eigenvalue weighted by Crippen LogP contribution is 2.30. The first-order chi connectivity index (χ1) is 7.99. The molecule has 7 heteroatoms. The van der Waals surface area contributed by atoms with Crippen LogP contribution in [0.1, 0.15) is 0 Å². The number of non-ortho nitro benzene ring substituents is 1. The second-order valence-electron chi connectivity index (χ2n) is 3.43. The Morgan fingerprint density at radius 2 is 2.24 bits per heavy atom. The van der Waals surface area contributed by atoms with Gasteiger partial charge in [-0.05, 0) is 6.07 Å². The zero-order valence-electron chi connectivity index (χ0n) is 8.78. The molecule has 0 aliphatic carbocycles. The van der Waals surface area contributed by atoms with E-state index >= 15 is 0 Å². The SMILES string of the molecule is Cn1cc(OC(=O)O)c2cc([N+](=O)[O-])ccc21. The van der Waals surface area contributed by atoms with Gasteiger partial charge in [0.05, 0.1) is 10.4 Å². The van der Waals surface area contributed by atoms with E-state index in [1.807, 2.05) is 0 Å². The molecule has 0 saturated heterocycles. The van der Waals surface area contributed by atoms with E-state index in [0.29, 0.717) is 10.9 Å². The van der Waals surface area contributed by atoms with E-state index < -0.39 is 11.1 Å². The van der Waals surface area contributed by atoms with Gasteiger partial charge in [-0.15, -0.1) is 0 Å². The highest BCUT2D eigenvalue weighted by molar-refractivity contribution is 5.90.